The molecule has 0 saturated heterocycles. The van der Waals surface area contributed by atoms with E-state index in [2.05, 4.69) is 12.2 Å². The summed E-state index contributed by atoms with van der Waals surface area (Å²) in [6, 6.07) is 0. The summed E-state index contributed by atoms with van der Waals surface area (Å²) in [5, 5.41) is 11.9. The first-order chi connectivity index (χ1) is 8.44. The minimum absolute atomic E-state index is 0.0213. The molecule has 18 heavy (non-hydrogen) atoms. The van der Waals surface area contributed by atoms with Crippen LogP contribution >= 0.6 is 0 Å². The van der Waals surface area contributed by atoms with E-state index in [9.17, 15) is 4.79 Å². The summed E-state index contributed by atoms with van der Waals surface area (Å²) in [6.07, 6.45) is 3.35. The minimum atomic E-state index is -0.455. The van der Waals surface area contributed by atoms with E-state index in [1.165, 1.54) is 0 Å². The molecule has 0 aromatic heterocycles. The maximum Gasteiger partial charge on any atom is 0.226 e. The lowest BCUT2D eigenvalue weighted by molar-refractivity contribution is -0.130. The van der Waals surface area contributed by atoms with Crippen LogP contribution in [-0.4, -0.2) is 42.8 Å². The molecule has 4 heteroatoms. The second kappa shape index (κ2) is 11.5. The summed E-state index contributed by atoms with van der Waals surface area (Å²) in [7, 11) is 1.80. The third-order valence-electron chi connectivity index (χ3n) is 2.59. The monoisotopic (exact) mass is 260 g/mol. The number of aliphatic hydroxyl groups excluding tert-OH is 1. The highest BCUT2D eigenvalue weighted by Gasteiger charge is 2.28. The van der Waals surface area contributed by atoms with Crippen molar-refractivity contribution in [1.82, 2.24) is 10.2 Å². The van der Waals surface area contributed by atoms with Gasteiger partial charge in [-0.2, -0.15) is 0 Å². The number of nitrogens with one attached hydrogen (secondary N) is 1. The molecule has 0 aliphatic carbocycles. The van der Waals surface area contributed by atoms with E-state index in [4.69, 9.17) is 5.11 Å². The minimum Gasteiger partial charge on any atom is -0.381 e. The molecule has 110 valence electrons. The number of carbonyl (C=O) groups excluding carboxylic acids is 1. The Labute approximate surface area is 113 Å². The first-order valence-corrected chi connectivity index (χ1v) is 7.01. The van der Waals surface area contributed by atoms with Gasteiger partial charge in [0.2, 0.25) is 5.91 Å². The molecular formula is C14H32N2O2. The highest BCUT2D eigenvalue weighted by Crippen LogP contribution is 2.16. The lowest BCUT2D eigenvalue weighted by atomic mass is 9.91. The second-order valence-electron chi connectivity index (χ2n) is 5.00. The number of rotatable bonds is 8. The van der Waals surface area contributed by atoms with E-state index >= 15 is 0 Å². The number of hydrogen-bond acceptors (Lipinski definition) is 3. The van der Waals surface area contributed by atoms with E-state index in [-0.39, 0.29) is 12.6 Å². The van der Waals surface area contributed by atoms with E-state index in [0.717, 1.165) is 25.8 Å². The summed E-state index contributed by atoms with van der Waals surface area (Å²) in [5.41, 5.74) is -0.455. The molecular weight excluding hydrogens is 228 g/mol. The average molecular weight is 260 g/mol. The number of hydrogen-bond donors (Lipinski definition) is 2. The van der Waals surface area contributed by atoms with Crippen molar-refractivity contribution in [2.24, 2.45) is 5.41 Å². The van der Waals surface area contributed by atoms with Gasteiger partial charge in [-0.25, -0.2) is 0 Å². The number of carbonyl (C=O) groups is 1. The van der Waals surface area contributed by atoms with Crippen molar-refractivity contribution < 1.29 is 9.90 Å². The molecule has 1 amide bonds. The molecule has 0 fully saturated rings. The molecule has 4 nitrogen and oxygen atoms in total. The summed E-state index contributed by atoms with van der Waals surface area (Å²) in [6.45, 7) is 11.2. The molecule has 0 unspecified atom stereocenters. The van der Waals surface area contributed by atoms with Gasteiger partial charge in [-0.3, -0.25) is 9.69 Å². The van der Waals surface area contributed by atoms with Crippen LogP contribution in [0.3, 0.4) is 0 Å². The van der Waals surface area contributed by atoms with E-state index in [1.54, 1.807) is 11.9 Å². The molecule has 0 radical (unpaired) electrons. The normalized spacial score (nSPS) is 10.9. The molecule has 0 spiro atoms. The van der Waals surface area contributed by atoms with Gasteiger partial charge in [-0.1, -0.05) is 33.6 Å². The quantitative estimate of drug-likeness (QED) is 0.520. The predicted octanol–water partition coefficient (Wildman–Crippen LogP) is 2.23. The second-order valence-corrected chi connectivity index (χ2v) is 5.00. The van der Waals surface area contributed by atoms with Crippen LogP contribution in [0.4, 0.5) is 0 Å². The zero-order valence-corrected chi connectivity index (χ0v) is 13.0. The number of unbranched alkanes of at least 4 members (excludes halogenated alkanes) is 2. The van der Waals surface area contributed by atoms with Crippen molar-refractivity contribution >= 4 is 5.91 Å². The molecule has 0 heterocycles. The Bertz CT molecular complexity index is 206. The van der Waals surface area contributed by atoms with Crippen molar-refractivity contribution in [2.75, 3.05) is 26.9 Å². The standard InChI is InChI=1S/C12H26N2O2.C2H6/c1-5-6-7-8-13-11(16)12(2,3)9-14(4)10-15;1-2/h15H,5-10H2,1-4H3,(H,13,16);1-2H3. The number of aliphatic hydroxyl groups is 1. The third-order valence-corrected chi connectivity index (χ3v) is 2.59. The predicted molar refractivity (Wildman–Crippen MR) is 77.4 cm³/mol. The maximum atomic E-state index is 11.9. The van der Waals surface area contributed by atoms with Crippen molar-refractivity contribution in [3.8, 4) is 0 Å². The number of amides is 1. The maximum absolute atomic E-state index is 11.9. The Morgan fingerprint density at radius 3 is 2.28 bits per heavy atom. The van der Waals surface area contributed by atoms with Gasteiger partial charge in [0, 0.05) is 13.1 Å². The zero-order chi connectivity index (χ0) is 14.6. The zero-order valence-electron chi connectivity index (χ0n) is 13.0. The van der Waals surface area contributed by atoms with Gasteiger partial charge in [0.05, 0.1) is 12.1 Å². The Morgan fingerprint density at radius 1 is 1.28 bits per heavy atom. The van der Waals surface area contributed by atoms with E-state index in [1.807, 2.05) is 27.7 Å². The highest BCUT2D eigenvalue weighted by molar-refractivity contribution is 5.82. The fourth-order valence-electron chi connectivity index (χ4n) is 1.61. The lowest BCUT2D eigenvalue weighted by Crippen LogP contribution is -2.44. The molecule has 0 bridgehead atoms. The van der Waals surface area contributed by atoms with Crippen molar-refractivity contribution in [3.63, 3.8) is 0 Å². The van der Waals surface area contributed by atoms with Crippen LogP contribution in [0, 0.1) is 5.41 Å². The van der Waals surface area contributed by atoms with Crippen LogP contribution in [-0.2, 0) is 4.79 Å². The summed E-state index contributed by atoms with van der Waals surface area (Å²) < 4.78 is 0. The number of nitrogens with zero attached hydrogens (tertiary/aromatic N) is 1. The molecule has 0 aromatic rings. The van der Waals surface area contributed by atoms with Gasteiger partial charge in [-0.05, 0) is 27.3 Å². The molecule has 0 rings (SSSR count). The van der Waals surface area contributed by atoms with Crippen LogP contribution < -0.4 is 5.32 Å². The molecule has 0 atom stereocenters. The third kappa shape index (κ3) is 9.42. The topological polar surface area (TPSA) is 52.6 Å². The molecule has 0 aliphatic rings. The van der Waals surface area contributed by atoms with Crippen LogP contribution in [0.2, 0.25) is 0 Å². The summed E-state index contributed by atoms with van der Waals surface area (Å²) >= 11 is 0. The van der Waals surface area contributed by atoms with Crippen LogP contribution in [0.1, 0.15) is 53.9 Å². The smallest absolute Gasteiger partial charge is 0.226 e. The van der Waals surface area contributed by atoms with Gasteiger partial charge in [0.25, 0.3) is 0 Å². The van der Waals surface area contributed by atoms with Crippen LogP contribution in [0.25, 0.3) is 0 Å². The fourth-order valence-corrected chi connectivity index (χ4v) is 1.61. The summed E-state index contributed by atoms with van der Waals surface area (Å²) in [4.78, 5) is 13.6. The van der Waals surface area contributed by atoms with Gasteiger partial charge in [0.1, 0.15) is 0 Å². The highest BCUT2D eigenvalue weighted by atomic mass is 16.3. The lowest BCUT2D eigenvalue weighted by Gasteiger charge is -2.28. The Kier molecular flexibility index (Phi) is 12.6. The fraction of sp³-hybridized carbons (Fsp3) is 0.929. The van der Waals surface area contributed by atoms with Gasteiger partial charge >= 0.3 is 0 Å². The van der Waals surface area contributed by atoms with Crippen molar-refractivity contribution in [1.29, 1.82) is 0 Å². The largest absolute Gasteiger partial charge is 0.381 e. The Hall–Kier alpha value is -0.610. The van der Waals surface area contributed by atoms with Gasteiger partial charge < -0.3 is 10.4 Å². The molecule has 0 aliphatic heterocycles. The van der Waals surface area contributed by atoms with E-state index in [0.29, 0.717) is 6.54 Å². The van der Waals surface area contributed by atoms with Crippen molar-refractivity contribution in [3.05, 3.63) is 0 Å². The molecule has 0 aromatic carbocycles. The van der Waals surface area contributed by atoms with E-state index < -0.39 is 5.41 Å². The first-order valence-electron chi connectivity index (χ1n) is 7.01. The van der Waals surface area contributed by atoms with Gasteiger partial charge in [0.15, 0.2) is 0 Å². The average Bonchev–Trinajstić information content (AvgIpc) is 2.36. The Morgan fingerprint density at radius 2 is 1.83 bits per heavy atom. The van der Waals surface area contributed by atoms with Crippen LogP contribution in [0.5, 0.6) is 0 Å². The SMILES string of the molecule is CC.CCCCCNC(=O)C(C)(C)CN(C)CO. The first kappa shape index (κ1) is 19.7. The van der Waals surface area contributed by atoms with Gasteiger partial charge in [-0.15, -0.1) is 0 Å². The molecule has 0 saturated carbocycles. The summed E-state index contributed by atoms with van der Waals surface area (Å²) in [5.74, 6) is 0.0592. The Balaban J connectivity index is 0. The molecule has 2 N–H and O–H groups in total. The van der Waals surface area contributed by atoms with Crippen LogP contribution in [0.15, 0.2) is 0 Å². The van der Waals surface area contributed by atoms with Crippen molar-refractivity contribution in [2.45, 2.75) is 53.9 Å².